The van der Waals surface area contributed by atoms with Gasteiger partial charge in [0.1, 0.15) is 11.1 Å². The minimum atomic E-state index is 0.417. The second kappa shape index (κ2) is 7.78. The van der Waals surface area contributed by atoms with E-state index >= 15 is 0 Å². The summed E-state index contributed by atoms with van der Waals surface area (Å²) in [5.74, 6) is 0. The molecule has 0 aliphatic carbocycles. The molecule has 0 bridgehead atoms. The van der Waals surface area contributed by atoms with Crippen molar-refractivity contribution in [1.82, 2.24) is 4.98 Å². The molecule has 0 aliphatic heterocycles. The Hall–Kier alpha value is -1.54. The molecule has 0 fully saturated rings. The van der Waals surface area contributed by atoms with Gasteiger partial charge in [0.15, 0.2) is 0 Å². The van der Waals surface area contributed by atoms with Gasteiger partial charge >= 0.3 is 0 Å². The van der Waals surface area contributed by atoms with Gasteiger partial charge in [-0.25, -0.2) is 4.98 Å². The van der Waals surface area contributed by atoms with Crippen molar-refractivity contribution in [2.24, 2.45) is 0 Å². The fraction of sp³-hybridized carbons (Fsp3) is 0. The molecule has 0 aliphatic rings. The molecule has 1 heterocycles. The van der Waals surface area contributed by atoms with Crippen molar-refractivity contribution >= 4 is 69.4 Å². The third-order valence-electron chi connectivity index (χ3n) is 3.33. The highest BCUT2D eigenvalue weighted by atomic mass is 35.5. The van der Waals surface area contributed by atoms with Crippen molar-refractivity contribution in [3.63, 3.8) is 0 Å². The molecule has 3 aromatic rings. The number of nitriles is 1. The van der Waals surface area contributed by atoms with Crippen molar-refractivity contribution in [3.05, 3.63) is 72.4 Å². The predicted molar refractivity (Wildman–Crippen MR) is 108 cm³/mol. The van der Waals surface area contributed by atoms with Crippen LogP contribution in [0.1, 0.15) is 10.6 Å². The van der Waals surface area contributed by atoms with Crippen LogP contribution < -0.4 is 0 Å². The summed E-state index contributed by atoms with van der Waals surface area (Å²) >= 11 is 25.4. The number of hydrogen-bond acceptors (Lipinski definition) is 3. The number of thiazole rings is 1. The highest BCUT2D eigenvalue weighted by Gasteiger charge is 2.11. The van der Waals surface area contributed by atoms with E-state index in [1.165, 1.54) is 11.3 Å². The van der Waals surface area contributed by atoms with Crippen LogP contribution in [-0.2, 0) is 0 Å². The molecule has 25 heavy (non-hydrogen) atoms. The largest absolute Gasteiger partial charge is 0.235 e. The number of hydrogen-bond donors (Lipinski definition) is 0. The lowest BCUT2D eigenvalue weighted by Gasteiger charge is -2.01. The first-order valence-corrected chi connectivity index (χ1v) is 9.35. The van der Waals surface area contributed by atoms with E-state index in [0.29, 0.717) is 36.2 Å². The maximum atomic E-state index is 9.49. The average molecular weight is 426 g/mol. The minimum Gasteiger partial charge on any atom is -0.235 e. The average Bonchev–Trinajstić information content (AvgIpc) is 3.06. The maximum absolute atomic E-state index is 9.49. The van der Waals surface area contributed by atoms with Crippen molar-refractivity contribution in [2.45, 2.75) is 0 Å². The maximum Gasteiger partial charge on any atom is 0.134 e. The lowest BCUT2D eigenvalue weighted by Crippen LogP contribution is -1.84. The number of halogens is 4. The fourth-order valence-corrected chi connectivity index (χ4v) is 3.66. The molecular formula is C18H8Cl4N2S. The molecule has 0 unspecified atom stereocenters. The number of aromatic nitrogens is 1. The summed E-state index contributed by atoms with van der Waals surface area (Å²) in [6.45, 7) is 0. The third kappa shape index (κ3) is 4.17. The van der Waals surface area contributed by atoms with E-state index in [0.717, 1.165) is 11.3 Å². The molecular weight excluding hydrogens is 418 g/mol. The van der Waals surface area contributed by atoms with Crippen LogP contribution >= 0.6 is 57.7 Å². The molecule has 0 radical (unpaired) electrons. The van der Waals surface area contributed by atoms with Gasteiger partial charge in [-0.1, -0.05) is 58.5 Å². The van der Waals surface area contributed by atoms with Crippen LogP contribution in [0.15, 0.2) is 41.8 Å². The summed E-state index contributed by atoms with van der Waals surface area (Å²) in [7, 11) is 0. The molecule has 0 saturated carbocycles. The van der Waals surface area contributed by atoms with Crippen molar-refractivity contribution in [1.29, 1.82) is 5.26 Å². The van der Waals surface area contributed by atoms with Crippen molar-refractivity contribution < 1.29 is 0 Å². The van der Waals surface area contributed by atoms with E-state index in [1.54, 1.807) is 36.4 Å². The van der Waals surface area contributed by atoms with Crippen LogP contribution in [0.5, 0.6) is 0 Å². The second-order valence-corrected chi connectivity index (χ2v) is 7.52. The Balaban J connectivity index is 1.98. The van der Waals surface area contributed by atoms with Gasteiger partial charge in [-0.3, -0.25) is 0 Å². The van der Waals surface area contributed by atoms with Crippen molar-refractivity contribution in [2.75, 3.05) is 0 Å². The number of rotatable bonds is 3. The quantitative estimate of drug-likeness (QED) is 0.407. The third-order valence-corrected chi connectivity index (χ3v) is 5.51. The van der Waals surface area contributed by atoms with Crippen LogP contribution in [-0.4, -0.2) is 4.98 Å². The van der Waals surface area contributed by atoms with Gasteiger partial charge in [-0.05, 0) is 35.9 Å². The molecule has 0 spiro atoms. The summed E-state index contributed by atoms with van der Waals surface area (Å²) < 4.78 is 0. The van der Waals surface area contributed by atoms with E-state index in [1.807, 2.05) is 11.4 Å². The number of nitrogens with zero attached hydrogens (tertiary/aromatic N) is 2. The van der Waals surface area contributed by atoms with E-state index in [4.69, 9.17) is 46.4 Å². The molecule has 0 amide bonds. The number of allylic oxidation sites excluding steroid dienone is 1. The Labute approximate surface area is 168 Å². The minimum absolute atomic E-state index is 0.417. The van der Waals surface area contributed by atoms with E-state index < -0.39 is 0 Å². The van der Waals surface area contributed by atoms with Gasteiger partial charge in [0.25, 0.3) is 0 Å². The van der Waals surface area contributed by atoms with E-state index in [9.17, 15) is 5.26 Å². The Bertz CT molecular complexity index is 1020. The standard InChI is InChI=1S/C18H8Cl4N2S/c19-13-3-1-10(15(21)7-13)5-12(8-23)18-24-17(9-25-18)11-2-4-14(20)16(22)6-11/h1-7,9H. The van der Waals surface area contributed by atoms with Crippen LogP contribution in [0, 0.1) is 11.3 Å². The molecule has 0 saturated heterocycles. The van der Waals surface area contributed by atoms with Gasteiger partial charge in [-0.2, -0.15) is 5.26 Å². The molecule has 3 rings (SSSR count). The van der Waals surface area contributed by atoms with Crippen LogP contribution in [0.3, 0.4) is 0 Å². The topological polar surface area (TPSA) is 36.7 Å². The monoisotopic (exact) mass is 424 g/mol. The highest BCUT2D eigenvalue weighted by molar-refractivity contribution is 7.11. The normalized spacial score (nSPS) is 11.4. The second-order valence-electron chi connectivity index (χ2n) is 5.00. The number of benzene rings is 2. The van der Waals surface area contributed by atoms with Crippen LogP contribution in [0.25, 0.3) is 22.9 Å². The Kier molecular flexibility index (Phi) is 5.68. The zero-order valence-electron chi connectivity index (χ0n) is 12.4. The van der Waals surface area contributed by atoms with E-state index in [-0.39, 0.29) is 0 Å². The van der Waals surface area contributed by atoms with Crippen LogP contribution in [0.2, 0.25) is 20.1 Å². The lowest BCUT2D eigenvalue weighted by atomic mass is 10.1. The Morgan fingerprint density at radius 2 is 1.80 bits per heavy atom. The summed E-state index contributed by atoms with van der Waals surface area (Å²) in [5.41, 5.74) is 2.68. The van der Waals surface area contributed by atoms with Gasteiger partial charge in [0.2, 0.25) is 0 Å². The first-order chi connectivity index (χ1) is 12.0. The van der Waals surface area contributed by atoms with Gasteiger partial charge in [-0.15, -0.1) is 11.3 Å². The lowest BCUT2D eigenvalue weighted by molar-refractivity contribution is 1.37. The molecule has 0 atom stereocenters. The molecule has 7 heteroatoms. The summed E-state index contributed by atoms with van der Waals surface area (Å²) in [4.78, 5) is 4.52. The molecule has 2 aromatic carbocycles. The molecule has 1 aromatic heterocycles. The van der Waals surface area contributed by atoms with Gasteiger partial charge in [0, 0.05) is 21.0 Å². The smallest absolute Gasteiger partial charge is 0.134 e. The summed E-state index contributed by atoms with van der Waals surface area (Å²) in [5, 5.41) is 13.9. The highest BCUT2D eigenvalue weighted by Crippen LogP contribution is 2.32. The molecule has 124 valence electrons. The SMILES string of the molecule is N#CC(=Cc1ccc(Cl)cc1Cl)c1nc(-c2ccc(Cl)c(Cl)c2)cs1. The first-order valence-electron chi connectivity index (χ1n) is 6.96. The fourth-order valence-electron chi connectivity index (χ4n) is 2.10. The first kappa shape index (κ1) is 18.3. The van der Waals surface area contributed by atoms with Crippen LogP contribution in [0.4, 0.5) is 0 Å². The molecule has 0 N–H and O–H groups in total. The summed E-state index contributed by atoms with van der Waals surface area (Å²) in [6.07, 6.45) is 1.69. The van der Waals surface area contributed by atoms with Gasteiger partial charge < -0.3 is 0 Å². The van der Waals surface area contributed by atoms with Gasteiger partial charge in [0.05, 0.1) is 21.3 Å². The summed E-state index contributed by atoms with van der Waals surface area (Å²) in [6, 6.07) is 12.6. The Morgan fingerprint density at radius 1 is 1.00 bits per heavy atom. The van der Waals surface area contributed by atoms with Crippen molar-refractivity contribution in [3.8, 4) is 17.3 Å². The van der Waals surface area contributed by atoms with E-state index in [2.05, 4.69) is 11.1 Å². The zero-order chi connectivity index (χ0) is 18.0. The molecule has 2 nitrogen and oxygen atoms in total. The zero-order valence-corrected chi connectivity index (χ0v) is 16.3. The Morgan fingerprint density at radius 3 is 2.48 bits per heavy atom. The predicted octanol–water partition coefficient (Wildman–Crippen LogP) is 7.49.